The van der Waals surface area contributed by atoms with E-state index >= 15 is 0 Å². The molecule has 3 rings (SSSR count). The van der Waals surface area contributed by atoms with Gasteiger partial charge in [0.05, 0.1) is 27.4 Å². The van der Waals surface area contributed by atoms with E-state index in [0.717, 1.165) is 34.5 Å². The van der Waals surface area contributed by atoms with Crippen molar-refractivity contribution in [1.29, 1.82) is 5.26 Å². The smallest absolute Gasteiger partial charge is 0.230 e. The highest BCUT2D eigenvalue weighted by Crippen LogP contribution is 2.29. The molecule has 2 aromatic heterocycles. The van der Waals surface area contributed by atoms with Crippen LogP contribution in [0.3, 0.4) is 0 Å². The van der Waals surface area contributed by atoms with E-state index in [2.05, 4.69) is 23.3 Å². The summed E-state index contributed by atoms with van der Waals surface area (Å²) in [6.45, 7) is 6.04. The predicted octanol–water partition coefficient (Wildman–Crippen LogP) is 4.06. The lowest BCUT2D eigenvalue weighted by atomic mass is 10.2. The minimum absolute atomic E-state index is 0.0236. The number of amides is 1. The molecule has 1 atom stereocenters. The van der Waals surface area contributed by atoms with E-state index < -0.39 is 0 Å². The van der Waals surface area contributed by atoms with Crippen LogP contribution in [0.1, 0.15) is 37.8 Å². The van der Waals surface area contributed by atoms with Gasteiger partial charge in [-0.05, 0) is 44.0 Å². The number of carbonyl (C=O) groups excluding carboxylic acids is 1. The summed E-state index contributed by atoms with van der Waals surface area (Å²) in [7, 11) is 0. The van der Waals surface area contributed by atoms with Crippen molar-refractivity contribution in [3.05, 3.63) is 41.5 Å². The van der Waals surface area contributed by atoms with E-state index in [-0.39, 0.29) is 11.9 Å². The molecule has 0 saturated heterocycles. The molecule has 5 nitrogen and oxygen atoms in total. The largest absolute Gasteiger partial charge is 0.353 e. The van der Waals surface area contributed by atoms with Gasteiger partial charge in [0.15, 0.2) is 5.65 Å². The average Bonchev–Trinajstić information content (AvgIpc) is 2.99. The van der Waals surface area contributed by atoms with Crippen LogP contribution in [0, 0.1) is 18.3 Å². The fourth-order valence-corrected chi connectivity index (χ4v) is 4.06. The predicted molar refractivity (Wildman–Crippen MR) is 105 cm³/mol. The van der Waals surface area contributed by atoms with Gasteiger partial charge in [-0.1, -0.05) is 37.2 Å². The molecule has 134 valence electrons. The second kappa shape index (κ2) is 7.79. The summed E-state index contributed by atoms with van der Waals surface area (Å²) in [5.74, 6) is 0.358. The molecule has 26 heavy (non-hydrogen) atoms. The number of hydrogen-bond acceptors (Lipinski definition) is 4. The molecule has 0 aliphatic heterocycles. The zero-order valence-corrected chi connectivity index (χ0v) is 16.1. The summed E-state index contributed by atoms with van der Waals surface area (Å²) >= 11 is 1.47. The lowest BCUT2D eigenvalue weighted by Crippen LogP contribution is -2.33. The van der Waals surface area contributed by atoms with Crippen LogP contribution in [-0.4, -0.2) is 27.1 Å². The Hall–Kier alpha value is -2.52. The van der Waals surface area contributed by atoms with Gasteiger partial charge in [-0.2, -0.15) is 5.26 Å². The van der Waals surface area contributed by atoms with Gasteiger partial charge in [0.25, 0.3) is 0 Å². The molecule has 1 aromatic carbocycles. The molecule has 3 aromatic rings. The molecule has 1 amide bonds. The number of imidazole rings is 1. The van der Waals surface area contributed by atoms with Gasteiger partial charge in [0.1, 0.15) is 6.07 Å². The number of nitriles is 1. The Kier molecular flexibility index (Phi) is 5.48. The second-order valence-electron chi connectivity index (χ2n) is 6.46. The van der Waals surface area contributed by atoms with E-state index in [4.69, 9.17) is 0 Å². The summed E-state index contributed by atoms with van der Waals surface area (Å²) < 4.78 is 1.98. The van der Waals surface area contributed by atoms with Crippen LogP contribution >= 0.6 is 11.8 Å². The summed E-state index contributed by atoms with van der Waals surface area (Å²) in [5, 5.41) is 13.5. The maximum absolute atomic E-state index is 12.2. The van der Waals surface area contributed by atoms with Crippen molar-refractivity contribution < 1.29 is 4.79 Å². The standard InChI is InChI=1S/C20H22N4OS/c1-4-7-14(3)22-18(25)12-26-19-10-13(2)15(11-21)20-23-16-8-5-6-9-17(16)24(19)20/h5-6,8-10,14H,4,7,12H2,1-3H3,(H,22,25). The quantitative estimate of drug-likeness (QED) is 0.668. The third-order valence-electron chi connectivity index (χ3n) is 4.33. The fraction of sp³-hybridized carbons (Fsp3) is 0.350. The Bertz CT molecular complexity index is 1000. The SMILES string of the molecule is CCCC(C)NC(=O)CSc1cc(C)c(C#N)c2nc3ccccc3n12. The van der Waals surface area contributed by atoms with Gasteiger partial charge in [-0.15, -0.1) is 0 Å². The molecular weight excluding hydrogens is 344 g/mol. The van der Waals surface area contributed by atoms with E-state index in [0.29, 0.717) is 17.0 Å². The first-order chi connectivity index (χ1) is 12.5. The number of para-hydroxylation sites is 2. The van der Waals surface area contributed by atoms with Crippen LogP contribution < -0.4 is 5.32 Å². The number of aromatic nitrogens is 2. The maximum Gasteiger partial charge on any atom is 0.230 e. The molecule has 1 N–H and O–H groups in total. The van der Waals surface area contributed by atoms with Gasteiger partial charge in [-0.25, -0.2) is 4.98 Å². The normalized spacial score (nSPS) is 12.2. The molecule has 0 saturated carbocycles. The van der Waals surface area contributed by atoms with Crippen molar-refractivity contribution in [3.8, 4) is 6.07 Å². The van der Waals surface area contributed by atoms with Gasteiger partial charge in [0.2, 0.25) is 5.91 Å². The molecule has 0 aliphatic rings. The number of hydrogen-bond donors (Lipinski definition) is 1. The van der Waals surface area contributed by atoms with Crippen LogP contribution in [-0.2, 0) is 4.79 Å². The van der Waals surface area contributed by atoms with E-state index in [9.17, 15) is 10.1 Å². The zero-order chi connectivity index (χ0) is 18.7. The highest BCUT2D eigenvalue weighted by Gasteiger charge is 2.16. The van der Waals surface area contributed by atoms with Gasteiger partial charge in [-0.3, -0.25) is 9.20 Å². The van der Waals surface area contributed by atoms with Crippen LogP contribution in [0.4, 0.5) is 0 Å². The number of fused-ring (bicyclic) bond motifs is 3. The number of pyridine rings is 1. The monoisotopic (exact) mass is 366 g/mol. The highest BCUT2D eigenvalue weighted by atomic mass is 32.2. The van der Waals surface area contributed by atoms with Gasteiger partial charge >= 0.3 is 0 Å². The molecular formula is C20H22N4OS. The number of nitrogens with one attached hydrogen (secondary N) is 1. The van der Waals surface area contributed by atoms with Gasteiger partial charge < -0.3 is 5.32 Å². The summed E-state index contributed by atoms with van der Waals surface area (Å²) in [6.07, 6.45) is 2.02. The summed E-state index contributed by atoms with van der Waals surface area (Å²) in [6, 6.07) is 12.2. The van der Waals surface area contributed by atoms with Crippen LogP contribution in [0.15, 0.2) is 35.4 Å². The van der Waals surface area contributed by atoms with Crippen LogP contribution in [0.25, 0.3) is 16.7 Å². The molecule has 2 heterocycles. The molecule has 0 spiro atoms. The summed E-state index contributed by atoms with van der Waals surface area (Å²) in [4.78, 5) is 16.9. The Balaban J connectivity index is 1.96. The van der Waals surface area contributed by atoms with Crippen molar-refractivity contribution in [3.63, 3.8) is 0 Å². The first-order valence-electron chi connectivity index (χ1n) is 8.78. The van der Waals surface area contributed by atoms with E-state index in [1.54, 1.807) is 0 Å². The molecule has 6 heteroatoms. The number of rotatable bonds is 6. The molecule has 0 aliphatic carbocycles. The van der Waals surface area contributed by atoms with Crippen molar-refractivity contribution in [2.24, 2.45) is 0 Å². The van der Waals surface area contributed by atoms with Crippen LogP contribution in [0.2, 0.25) is 0 Å². The first-order valence-corrected chi connectivity index (χ1v) is 9.76. The number of nitrogens with zero attached hydrogens (tertiary/aromatic N) is 3. The minimum atomic E-state index is 0.0236. The Morgan fingerprint density at radius 1 is 1.42 bits per heavy atom. The average molecular weight is 366 g/mol. The topological polar surface area (TPSA) is 70.2 Å². The Labute approximate surface area is 157 Å². The number of thioether (sulfide) groups is 1. The number of aryl methyl sites for hydroxylation is 1. The number of benzene rings is 1. The van der Waals surface area contributed by atoms with Crippen molar-refractivity contribution in [1.82, 2.24) is 14.7 Å². The molecule has 1 unspecified atom stereocenters. The lowest BCUT2D eigenvalue weighted by molar-refractivity contribution is -0.119. The van der Waals surface area contributed by atoms with Crippen molar-refractivity contribution in [2.75, 3.05) is 5.75 Å². The number of carbonyl (C=O) groups is 1. The first kappa shape index (κ1) is 18.3. The van der Waals surface area contributed by atoms with Gasteiger partial charge in [0, 0.05) is 6.04 Å². The maximum atomic E-state index is 12.2. The molecule has 0 fully saturated rings. The van der Waals surface area contributed by atoms with Crippen molar-refractivity contribution >= 4 is 34.3 Å². The van der Waals surface area contributed by atoms with Crippen LogP contribution in [0.5, 0.6) is 0 Å². The minimum Gasteiger partial charge on any atom is -0.353 e. The third kappa shape index (κ3) is 3.54. The molecule has 0 radical (unpaired) electrons. The highest BCUT2D eigenvalue weighted by molar-refractivity contribution is 7.99. The second-order valence-corrected chi connectivity index (χ2v) is 7.45. The van der Waals surface area contributed by atoms with E-state index in [1.165, 1.54) is 11.8 Å². The molecule has 0 bridgehead atoms. The Morgan fingerprint density at radius 2 is 2.19 bits per heavy atom. The Morgan fingerprint density at radius 3 is 2.92 bits per heavy atom. The fourth-order valence-electron chi connectivity index (χ4n) is 3.12. The van der Waals surface area contributed by atoms with Crippen molar-refractivity contribution in [2.45, 2.75) is 44.7 Å². The lowest BCUT2D eigenvalue weighted by Gasteiger charge is -2.13. The van der Waals surface area contributed by atoms with E-state index in [1.807, 2.05) is 48.6 Å². The zero-order valence-electron chi connectivity index (χ0n) is 15.2. The summed E-state index contributed by atoms with van der Waals surface area (Å²) in [5.41, 5.74) is 3.89. The third-order valence-corrected chi connectivity index (χ3v) is 5.33.